The summed E-state index contributed by atoms with van der Waals surface area (Å²) in [5.41, 5.74) is 3.16. The zero-order valence-electron chi connectivity index (χ0n) is 9.17. The van der Waals surface area contributed by atoms with Crippen molar-refractivity contribution in [2.24, 2.45) is 0 Å². The highest BCUT2D eigenvalue weighted by molar-refractivity contribution is 7.90. The number of nitrogens with one attached hydrogen (secondary N) is 1. The molecule has 5 nitrogen and oxygen atoms in total. The molecular weight excluding hydrogens is 230 g/mol. The number of benzene rings is 1. The molecule has 0 saturated carbocycles. The molecule has 0 bridgehead atoms. The fourth-order valence-corrected chi connectivity index (χ4v) is 1.85. The molecule has 0 aliphatic rings. The van der Waals surface area contributed by atoms with Crippen molar-refractivity contribution in [1.29, 1.82) is 0 Å². The van der Waals surface area contributed by atoms with Crippen LogP contribution in [-0.4, -0.2) is 33.4 Å². The highest BCUT2D eigenvalue weighted by Crippen LogP contribution is 2.15. The highest BCUT2D eigenvalue weighted by atomic mass is 32.2. The van der Waals surface area contributed by atoms with Gasteiger partial charge in [0.1, 0.15) is 0 Å². The van der Waals surface area contributed by atoms with Crippen LogP contribution < -0.4 is 5.48 Å². The van der Waals surface area contributed by atoms with Gasteiger partial charge in [0, 0.05) is 6.26 Å². The molecule has 0 fully saturated rings. The maximum absolute atomic E-state index is 11.2. The van der Waals surface area contributed by atoms with E-state index in [0.29, 0.717) is 5.56 Å². The van der Waals surface area contributed by atoms with E-state index in [4.69, 9.17) is 0 Å². The number of hydrogen-bond acceptors (Lipinski definition) is 5. The first kappa shape index (κ1) is 13.1. The topological polar surface area (TPSA) is 75.6 Å². The Morgan fingerprint density at radius 2 is 1.94 bits per heavy atom. The molecule has 0 spiro atoms. The summed E-state index contributed by atoms with van der Waals surface area (Å²) in [4.78, 5) is 4.85. The zero-order valence-corrected chi connectivity index (χ0v) is 9.99. The van der Waals surface area contributed by atoms with E-state index in [1.165, 1.54) is 19.2 Å². The van der Waals surface area contributed by atoms with E-state index < -0.39 is 15.9 Å². The Bertz CT molecular complexity index is 427. The predicted octanol–water partition coefficient (Wildman–Crippen LogP) is 0.274. The van der Waals surface area contributed by atoms with Gasteiger partial charge in [-0.3, -0.25) is 0 Å². The summed E-state index contributed by atoms with van der Waals surface area (Å²) in [6, 6.07) is 6.11. The van der Waals surface area contributed by atoms with Crippen molar-refractivity contribution in [2.45, 2.75) is 11.0 Å². The summed E-state index contributed by atoms with van der Waals surface area (Å²) < 4.78 is 22.4. The van der Waals surface area contributed by atoms with Gasteiger partial charge in [-0.2, -0.15) is 5.48 Å². The molecular formula is C10H15NO4S. The molecule has 16 heavy (non-hydrogen) atoms. The van der Waals surface area contributed by atoms with Crippen molar-refractivity contribution in [3.8, 4) is 0 Å². The Kier molecular flexibility index (Phi) is 4.43. The van der Waals surface area contributed by atoms with Gasteiger partial charge in [0.15, 0.2) is 9.84 Å². The van der Waals surface area contributed by atoms with Gasteiger partial charge >= 0.3 is 0 Å². The number of hydroxylamine groups is 1. The Morgan fingerprint density at radius 1 is 1.38 bits per heavy atom. The lowest BCUT2D eigenvalue weighted by atomic mass is 10.1. The van der Waals surface area contributed by atoms with E-state index in [0.717, 1.165) is 6.26 Å². The molecule has 1 atom stereocenters. The lowest BCUT2D eigenvalue weighted by Crippen LogP contribution is -2.20. The smallest absolute Gasteiger partial charge is 0.175 e. The summed E-state index contributed by atoms with van der Waals surface area (Å²) >= 11 is 0. The molecule has 1 unspecified atom stereocenters. The maximum atomic E-state index is 11.2. The monoisotopic (exact) mass is 245 g/mol. The van der Waals surface area contributed by atoms with Crippen molar-refractivity contribution in [3.63, 3.8) is 0 Å². The molecule has 1 aromatic carbocycles. The van der Waals surface area contributed by atoms with Crippen molar-refractivity contribution >= 4 is 9.84 Å². The average molecular weight is 245 g/mol. The van der Waals surface area contributed by atoms with Crippen LogP contribution in [0.4, 0.5) is 0 Å². The molecule has 0 aliphatic heterocycles. The number of rotatable bonds is 5. The second-order valence-electron chi connectivity index (χ2n) is 3.41. The number of sulfone groups is 1. The largest absolute Gasteiger partial charge is 0.387 e. The number of aliphatic hydroxyl groups is 1. The highest BCUT2D eigenvalue weighted by Gasteiger charge is 2.10. The van der Waals surface area contributed by atoms with Crippen LogP contribution in [0.25, 0.3) is 0 Å². The standard InChI is InChI=1S/C10H15NO4S/c1-15-11-7-10(12)8-3-5-9(6-4-8)16(2,13)14/h3-6,10-12H,7H2,1-2H3. The molecule has 0 radical (unpaired) electrons. The summed E-state index contributed by atoms with van der Waals surface area (Å²) in [5, 5.41) is 9.65. The normalized spacial score (nSPS) is 13.7. The van der Waals surface area contributed by atoms with Gasteiger partial charge in [-0.15, -0.1) is 0 Å². The summed E-state index contributed by atoms with van der Waals surface area (Å²) in [7, 11) is -1.73. The molecule has 1 rings (SSSR count). The van der Waals surface area contributed by atoms with Gasteiger partial charge in [0.2, 0.25) is 0 Å². The molecule has 0 saturated heterocycles. The van der Waals surface area contributed by atoms with Crippen LogP contribution in [0.15, 0.2) is 29.2 Å². The predicted molar refractivity (Wildman–Crippen MR) is 59.5 cm³/mol. The summed E-state index contributed by atoms with van der Waals surface area (Å²) in [6.07, 6.45) is 0.416. The summed E-state index contributed by atoms with van der Waals surface area (Å²) in [5.74, 6) is 0. The molecule has 0 heterocycles. The fourth-order valence-electron chi connectivity index (χ4n) is 1.22. The first-order chi connectivity index (χ1) is 7.45. The summed E-state index contributed by atoms with van der Waals surface area (Å²) in [6.45, 7) is 0.245. The van der Waals surface area contributed by atoms with Gasteiger partial charge in [0.05, 0.1) is 24.7 Å². The second kappa shape index (κ2) is 5.40. The van der Waals surface area contributed by atoms with Gasteiger partial charge in [-0.25, -0.2) is 8.42 Å². The molecule has 0 aromatic heterocycles. The van der Waals surface area contributed by atoms with Gasteiger partial charge in [-0.05, 0) is 17.7 Å². The minimum absolute atomic E-state index is 0.239. The molecule has 0 aliphatic carbocycles. The van der Waals surface area contributed by atoms with Gasteiger partial charge in [-0.1, -0.05) is 12.1 Å². The molecule has 6 heteroatoms. The minimum Gasteiger partial charge on any atom is -0.387 e. The van der Waals surface area contributed by atoms with E-state index in [1.54, 1.807) is 12.1 Å². The van der Waals surface area contributed by atoms with Crippen LogP contribution in [-0.2, 0) is 14.7 Å². The van der Waals surface area contributed by atoms with E-state index in [2.05, 4.69) is 10.3 Å². The van der Waals surface area contributed by atoms with Gasteiger partial charge in [0.25, 0.3) is 0 Å². The zero-order chi connectivity index (χ0) is 12.2. The van der Waals surface area contributed by atoms with Crippen molar-refractivity contribution in [3.05, 3.63) is 29.8 Å². The van der Waals surface area contributed by atoms with Crippen molar-refractivity contribution < 1.29 is 18.4 Å². The van der Waals surface area contributed by atoms with E-state index in [-0.39, 0.29) is 11.4 Å². The van der Waals surface area contributed by atoms with Crippen LogP contribution in [0.1, 0.15) is 11.7 Å². The van der Waals surface area contributed by atoms with Crippen molar-refractivity contribution in [2.75, 3.05) is 19.9 Å². The quantitative estimate of drug-likeness (QED) is 0.728. The first-order valence-electron chi connectivity index (χ1n) is 4.69. The first-order valence-corrected chi connectivity index (χ1v) is 6.58. The fraction of sp³-hybridized carbons (Fsp3) is 0.400. The Hall–Kier alpha value is -0.950. The van der Waals surface area contributed by atoms with E-state index in [9.17, 15) is 13.5 Å². The molecule has 1 aromatic rings. The lowest BCUT2D eigenvalue weighted by Gasteiger charge is -2.11. The van der Waals surface area contributed by atoms with E-state index in [1.807, 2.05) is 0 Å². The Labute approximate surface area is 94.9 Å². The van der Waals surface area contributed by atoms with Crippen LogP contribution in [0.3, 0.4) is 0 Å². The number of hydrogen-bond donors (Lipinski definition) is 2. The van der Waals surface area contributed by atoms with Crippen LogP contribution >= 0.6 is 0 Å². The Balaban J connectivity index is 2.79. The average Bonchev–Trinajstić information content (AvgIpc) is 2.25. The van der Waals surface area contributed by atoms with Crippen LogP contribution in [0.2, 0.25) is 0 Å². The minimum atomic E-state index is -3.18. The molecule has 90 valence electrons. The third kappa shape index (κ3) is 3.57. The molecule has 2 N–H and O–H groups in total. The SMILES string of the molecule is CONCC(O)c1ccc(S(C)(=O)=O)cc1. The molecule has 0 amide bonds. The maximum Gasteiger partial charge on any atom is 0.175 e. The van der Waals surface area contributed by atoms with E-state index >= 15 is 0 Å². The third-order valence-corrected chi connectivity index (χ3v) is 3.24. The Morgan fingerprint density at radius 3 is 2.38 bits per heavy atom. The number of aliphatic hydroxyl groups excluding tert-OH is 1. The second-order valence-corrected chi connectivity index (χ2v) is 5.43. The van der Waals surface area contributed by atoms with Gasteiger partial charge < -0.3 is 9.94 Å². The van der Waals surface area contributed by atoms with Crippen LogP contribution in [0.5, 0.6) is 0 Å². The van der Waals surface area contributed by atoms with Crippen LogP contribution in [0, 0.1) is 0 Å². The third-order valence-electron chi connectivity index (χ3n) is 2.11. The van der Waals surface area contributed by atoms with Crippen molar-refractivity contribution in [1.82, 2.24) is 5.48 Å². The lowest BCUT2D eigenvalue weighted by molar-refractivity contribution is 0.0499.